The Morgan fingerprint density at radius 2 is 1.81 bits per heavy atom. The van der Waals surface area contributed by atoms with E-state index < -0.39 is 0 Å². The summed E-state index contributed by atoms with van der Waals surface area (Å²) in [5, 5.41) is 13.9. The van der Waals surface area contributed by atoms with Gasteiger partial charge in [-0.25, -0.2) is 0 Å². The van der Waals surface area contributed by atoms with E-state index in [0.717, 1.165) is 28.5 Å². The quantitative estimate of drug-likeness (QED) is 0.435. The van der Waals surface area contributed by atoms with Crippen molar-refractivity contribution in [2.75, 3.05) is 12.0 Å². The summed E-state index contributed by atoms with van der Waals surface area (Å²) in [5.74, 6) is 1.00. The molecule has 0 spiro atoms. The highest BCUT2D eigenvalue weighted by Crippen LogP contribution is 2.42. The van der Waals surface area contributed by atoms with Gasteiger partial charge >= 0.3 is 0 Å². The van der Waals surface area contributed by atoms with Crippen LogP contribution < -0.4 is 15.0 Å². The lowest BCUT2D eigenvalue weighted by Gasteiger charge is -2.29. The summed E-state index contributed by atoms with van der Waals surface area (Å²) in [6.07, 6.45) is 3.83. The molecule has 1 saturated heterocycles. The van der Waals surface area contributed by atoms with Gasteiger partial charge in [-0.05, 0) is 72.9 Å². The van der Waals surface area contributed by atoms with Gasteiger partial charge in [0, 0.05) is 35.5 Å². The first-order chi connectivity index (χ1) is 15.7. The van der Waals surface area contributed by atoms with Gasteiger partial charge in [0.1, 0.15) is 17.5 Å². The van der Waals surface area contributed by atoms with E-state index in [0.29, 0.717) is 5.11 Å². The normalized spacial score (nSPS) is 17.9. The number of aromatic nitrogens is 2. The predicted octanol–water partition coefficient (Wildman–Crippen LogP) is 4.76. The summed E-state index contributed by atoms with van der Waals surface area (Å²) in [6, 6.07) is 24.7. The van der Waals surface area contributed by atoms with Crippen molar-refractivity contribution >= 4 is 23.0 Å². The Kier molecular flexibility index (Phi) is 5.25. The van der Waals surface area contributed by atoms with Crippen molar-refractivity contribution in [2.24, 2.45) is 0 Å². The van der Waals surface area contributed by atoms with Crippen LogP contribution >= 0.6 is 12.2 Å². The topological polar surface area (TPSA) is 62.5 Å². The van der Waals surface area contributed by atoms with E-state index in [1.807, 2.05) is 66.9 Å². The number of nitrogens with zero attached hydrogens (tertiary/aromatic N) is 3. The maximum Gasteiger partial charge on any atom is 0.174 e. The summed E-state index contributed by atoms with van der Waals surface area (Å²) in [7, 11) is 1.67. The van der Waals surface area contributed by atoms with Crippen LogP contribution in [0, 0.1) is 0 Å². The van der Waals surface area contributed by atoms with Crippen LogP contribution in [0.5, 0.6) is 11.5 Å². The Balaban J connectivity index is 1.66. The predicted molar refractivity (Wildman–Crippen MR) is 128 cm³/mol. The third kappa shape index (κ3) is 3.56. The van der Waals surface area contributed by atoms with Crippen molar-refractivity contribution in [2.45, 2.75) is 12.1 Å². The Labute approximate surface area is 191 Å². The van der Waals surface area contributed by atoms with Crippen molar-refractivity contribution in [1.82, 2.24) is 14.9 Å². The number of ether oxygens (including phenoxy) is 1. The highest BCUT2D eigenvalue weighted by molar-refractivity contribution is 7.80. The van der Waals surface area contributed by atoms with Crippen molar-refractivity contribution in [3.63, 3.8) is 0 Å². The average molecular weight is 443 g/mol. The summed E-state index contributed by atoms with van der Waals surface area (Å²) in [4.78, 5) is 6.69. The molecule has 2 aromatic heterocycles. The van der Waals surface area contributed by atoms with Gasteiger partial charge in [-0.1, -0.05) is 12.1 Å². The molecule has 0 amide bonds. The van der Waals surface area contributed by atoms with Gasteiger partial charge in [-0.2, -0.15) is 0 Å². The molecule has 5 rings (SSSR count). The fourth-order valence-corrected chi connectivity index (χ4v) is 4.52. The Morgan fingerprint density at radius 1 is 0.969 bits per heavy atom. The fraction of sp³-hybridized carbons (Fsp3) is 0.120. The molecule has 2 aromatic carbocycles. The zero-order chi connectivity index (χ0) is 22.1. The summed E-state index contributed by atoms with van der Waals surface area (Å²) < 4.78 is 7.58. The van der Waals surface area contributed by atoms with Crippen LogP contribution in [0.4, 0.5) is 5.69 Å². The first kappa shape index (κ1) is 20.1. The molecule has 32 heavy (non-hydrogen) atoms. The van der Waals surface area contributed by atoms with Crippen LogP contribution in [0.3, 0.4) is 0 Å². The first-order valence-corrected chi connectivity index (χ1v) is 10.7. The zero-order valence-electron chi connectivity index (χ0n) is 17.4. The molecular formula is C25H22N4O2S. The van der Waals surface area contributed by atoms with Gasteiger partial charge in [0.25, 0.3) is 0 Å². The largest absolute Gasteiger partial charge is 0.508 e. The summed E-state index contributed by atoms with van der Waals surface area (Å²) in [5.41, 5.74) is 3.84. The lowest BCUT2D eigenvalue weighted by atomic mass is 10.0. The second-order valence-electron chi connectivity index (χ2n) is 7.52. The smallest absolute Gasteiger partial charge is 0.174 e. The molecule has 2 N–H and O–H groups in total. The molecule has 3 heterocycles. The van der Waals surface area contributed by atoms with E-state index in [4.69, 9.17) is 17.0 Å². The minimum atomic E-state index is -0.164. The molecule has 7 heteroatoms. The Bertz CT molecular complexity index is 1240. The fourth-order valence-electron chi connectivity index (χ4n) is 4.18. The number of aromatic hydroxyl groups is 1. The van der Waals surface area contributed by atoms with Gasteiger partial charge < -0.3 is 24.6 Å². The van der Waals surface area contributed by atoms with Crippen molar-refractivity contribution in [1.29, 1.82) is 0 Å². The van der Waals surface area contributed by atoms with E-state index in [9.17, 15) is 5.11 Å². The van der Waals surface area contributed by atoms with Crippen LogP contribution in [0.2, 0.25) is 0 Å². The Morgan fingerprint density at radius 3 is 2.56 bits per heavy atom. The highest BCUT2D eigenvalue weighted by atomic mass is 32.1. The van der Waals surface area contributed by atoms with Crippen molar-refractivity contribution in [3.05, 3.63) is 103 Å². The second kappa shape index (κ2) is 8.36. The zero-order valence-corrected chi connectivity index (χ0v) is 18.2. The second-order valence-corrected chi connectivity index (χ2v) is 7.90. The maximum absolute atomic E-state index is 9.79. The number of phenols is 1. The average Bonchev–Trinajstić information content (AvgIpc) is 3.44. The number of methoxy groups -OCH3 is 1. The van der Waals surface area contributed by atoms with Crippen LogP contribution in [0.25, 0.3) is 5.69 Å². The number of thiocarbonyl (C=S) groups is 1. The molecule has 1 aliphatic heterocycles. The summed E-state index contributed by atoms with van der Waals surface area (Å²) >= 11 is 5.78. The molecule has 2 atom stereocenters. The molecule has 0 aliphatic carbocycles. The molecule has 0 unspecified atom stereocenters. The van der Waals surface area contributed by atoms with Crippen LogP contribution in [0.1, 0.15) is 23.5 Å². The number of nitrogens with one attached hydrogen (secondary N) is 1. The molecule has 1 aliphatic rings. The number of hydrogen-bond acceptors (Lipinski definition) is 4. The summed E-state index contributed by atoms with van der Waals surface area (Å²) in [6.45, 7) is 0. The molecular weight excluding hydrogens is 420 g/mol. The third-order valence-corrected chi connectivity index (χ3v) is 5.96. The van der Waals surface area contributed by atoms with E-state index in [1.165, 1.54) is 0 Å². The monoisotopic (exact) mass is 442 g/mol. The minimum Gasteiger partial charge on any atom is -0.508 e. The minimum absolute atomic E-state index is 0.156. The number of benzene rings is 2. The van der Waals surface area contributed by atoms with E-state index in [2.05, 4.69) is 25.8 Å². The molecule has 0 saturated carbocycles. The number of hydrogen-bond donors (Lipinski definition) is 2. The standard InChI is InChI=1S/C25H22N4O2S/c1-31-20-7-4-6-18(16-20)28-15-5-9-22(28)24-23(21-8-2-3-14-26-21)27-25(32)29(24)17-10-12-19(30)13-11-17/h2-16,23-24,30H,1H3,(H,27,32)/t23-,24-/m1/s1. The molecule has 160 valence electrons. The molecule has 0 radical (unpaired) electrons. The van der Waals surface area contributed by atoms with Gasteiger partial charge in [-0.3, -0.25) is 4.98 Å². The molecule has 1 fully saturated rings. The SMILES string of the molecule is COc1cccc(-n2cccc2[C@@H]2[C@@H](c3ccccn3)NC(=S)N2c2ccc(O)cc2)c1. The molecule has 6 nitrogen and oxygen atoms in total. The number of pyridine rings is 1. The Hall–Kier alpha value is -3.84. The van der Waals surface area contributed by atoms with Crippen LogP contribution in [-0.4, -0.2) is 26.9 Å². The highest BCUT2D eigenvalue weighted by Gasteiger charge is 2.42. The van der Waals surface area contributed by atoms with Crippen molar-refractivity contribution < 1.29 is 9.84 Å². The van der Waals surface area contributed by atoms with Crippen molar-refractivity contribution in [3.8, 4) is 17.2 Å². The lowest BCUT2D eigenvalue weighted by molar-refractivity contribution is 0.414. The van der Waals surface area contributed by atoms with E-state index in [-0.39, 0.29) is 17.8 Å². The van der Waals surface area contributed by atoms with Gasteiger partial charge in [0.05, 0.1) is 18.8 Å². The maximum atomic E-state index is 9.79. The van der Waals surface area contributed by atoms with E-state index in [1.54, 1.807) is 25.4 Å². The molecule has 0 bridgehead atoms. The van der Waals surface area contributed by atoms with Gasteiger partial charge in [0.2, 0.25) is 0 Å². The van der Waals surface area contributed by atoms with Gasteiger partial charge in [0.15, 0.2) is 5.11 Å². The lowest BCUT2D eigenvalue weighted by Crippen LogP contribution is -2.30. The molecule has 4 aromatic rings. The third-order valence-electron chi connectivity index (χ3n) is 5.64. The number of phenolic OH excluding ortho intramolecular Hbond substituents is 1. The van der Waals surface area contributed by atoms with E-state index >= 15 is 0 Å². The number of anilines is 1. The first-order valence-electron chi connectivity index (χ1n) is 10.3. The number of rotatable bonds is 5. The van der Waals surface area contributed by atoms with Crippen LogP contribution in [-0.2, 0) is 0 Å². The van der Waals surface area contributed by atoms with Crippen LogP contribution in [0.15, 0.2) is 91.3 Å². The van der Waals surface area contributed by atoms with Gasteiger partial charge in [-0.15, -0.1) is 0 Å².